The van der Waals surface area contributed by atoms with Gasteiger partial charge in [0.2, 0.25) is 5.88 Å². The van der Waals surface area contributed by atoms with E-state index in [4.69, 9.17) is 19.5 Å². The van der Waals surface area contributed by atoms with Crippen molar-refractivity contribution in [1.29, 1.82) is 0 Å². The molecule has 1 unspecified atom stereocenters. The molecule has 0 spiro atoms. The van der Waals surface area contributed by atoms with Crippen LogP contribution in [0.5, 0.6) is 11.6 Å². The third kappa shape index (κ3) is 5.76. The first kappa shape index (κ1) is 24.4. The van der Waals surface area contributed by atoms with E-state index < -0.39 is 56.3 Å². The number of nitrogens with two attached hydrogens (primary N) is 1. The van der Waals surface area contributed by atoms with E-state index in [1.165, 1.54) is 26.2 Å². The third-order valence-electron chi connectivity index (χ3n) is 4.64. The molecule has 0 aliphatic carbocycles. The second kappa shape index (κ2) is 10.1. The number of primary amides is 1. The minimum Gasteiger partial charge on any atom is -0.493 e. The number of aromatic hydroxyl groups is 1. The molecule has 3 rings (SSSR count). The Morgan fingerprint density at radius 3 is 2.70 bits per heavy atom. The molecule has 1 aliphatic rings. The summed E-state index contributed by atoms with van der Waals surface area (Å²) in [6, 6.07) is 7.04. The van der Waals surface area contributed by atoms with Crippen LogP contribution in [-0.2, 0) is 28.2 Å². The summed E-state index contributed by atoms with van der Waals surface area (Å²) in [5.41, 5.74) is 4.76. The first-order valence-electron chi connectivity index (χ1n) is 9.72. The fourth-order valence-corrected chi connectivity index (χ4v) is 4.49. The molecule has 0 bridgehead atoms. The Bertz CT molecular complexity index is 1070. The van der Waals surface area contributed by atoms with Crippen LogP contribution < -0.4 is 15.3 Å². The Balaban J connectivity index is 1.71. The van der Waals surface area contributed by atoms with Crippen LogP contribution in [0.3, 0.4) is 0 Å². The van der Waals surface area contributed by atoms with Crippen molar-refractivity contribution in [3.63, 3.8) is 0 Å². The lowest BCUT2D eigenvalue weighted by Gasteiger charge is -2.23. The standard InChI is InChI=1S/C19H23N4O9P/c1-11(19(27)29-2)22-33(28,32-12-6-4-3-5-7-12)30-9-14-13(24)8-15(31-14)23-10-21-16(17(20)25)18(23)26/h3-7,10-11,14-15,26H,8-9H2,1-2H3,(H2,20,25)(H,22,28)/t11-,14+,15+,33?/m0/s1. The van der Waals surface area contributed by atoms with Crippen molar-refractivity contribution in [2.75, 3.05) is 13.7 Å². The van der Waals surface area contributed by atoms with Gasteiger partial charge in [-0.1, -0.05) is 18.2 Å². The fraction of sp³-hybridized carbons (Fsp3) is 0.368. The molecule has 4 atom stereocenters. The molecule has 1 aliphatic heterocycles. The number of carbonyl (C=O) groups is 3. The summed E-state index contributed by atoms with van der Waals surface area (Å²) in [5.74, 6) is -2.41. The maximum absolute atomic E-state index is 13.3. The van der Waals surface area contributed by atoms with E-state index in [9.17, 15) is 24.1 Å². The van der Waals surface area contributed by atoms with Crippen molar-refractivity contribution >= 4 is 25.4 Å². The average Bonchev–Trinajstić information content (AvgIpc) is 3.34. The normalized spacial score (nSPS) is 20.7. The number of benzene rings is 1. The van der Waals surface area contributed by atoms with E-state index in [0.717, 1.165) is 10.9 Å². The molecule has 0 saturated carbocycles. The first-order chi connectivity index (χ1) is 15.6. The summed E-state index contributed by atoms with van der Waals surface area (Å²) in [4.78, 5) is 39.2. The van der Waals surface area contributed by atoms with Gasteiger partial charge in [0.15, 0.2) is 11.5 Å². The summed E-state index contributed by atoms with van der Waals surface area (Å²) in [7, 11) is -3.00. The highest BCUT2D eigenvalue weighted by Gasteiger charge is 2.40. The summed E-state index contributed by atoms with van der Waals surface area (Å²) in [6.45, 7) is 0.917. The number of para-hydroxylation sites is 1. The number of hydrogen-bond donors (Lipinski definition) is 3. The summed E-state index contributed by atoms with van der Waals surface area (Å²) >= 11 is 0. The zero-order chi connectivity index (χ0) is 24.2. The predicted molar refractivity (Wildman–Crippen MR) is 111 cm³/mol. The molecule has 33 heavy (non-hydrogen) atoms. The minimum atomic E-state index is -4.17. The van der Waals surface area contributed by atoms with Crippen molar-refractivity contribution in [2.24, 2.45) is 5.73 Å². The lowest BCUT2D eigenvalue weighted by atomic mass is 10.2. The number of nitrogens with zero attached hydrogens (tertiary/aromatic N) is 2. The number of nitrogens with one attached hydrogen (secondary N) is 1. The van der Waals surface area contributed by atoms with Gasteiger partial charge in [-0.2, -0.15) is 5.09 Å². The van der Waals surface area contributed by atoms with E-state index in [1.807, 2.05) is 0 Å². The smallest absolute Gasteiger partial charge is 0.459 e. The Labute approximate surface area is 188 Å². The third-order valence-corrected chi connectivity index (χ3v) is 6.28. The van der Waals surface area contributed by atoms with Crippen molar-refractivity contribution in [1.82, 2.24) is 14.6 Å². The van der Waals surface area contributed by atoms with E-state index in [-0.39, 0.29) is 17.9 Å². The van der Waals surface area contributed by atoms with Crippen molar-refractivity contribution in [2.45, 2.75) is 31.7 Å². The maximum Gasteiger partial charge on any atom is 0.459 e. The molecule has 0 radical (unpaired) electrons. The zero-order valence-corrected chi connectivity index (χ0v) is 18.6. The number of imidazole rings is 1. The van der Waals surface area contributed by atoms with Gasteiger partial charge >= 0.3 is 13.7 Å². The van der Waals surface area contributed by atoms with Gasteiger partial charge in [-0.15, -0.1) is 0 Å². The number of Topliss-reactive ketones (excluding diaryl/α,β-unsaturated/α-hetero) is 1. The fourth-order valence-electron chi connectivity index (χ4n) is 3.00. The molecule has 1 saturated heterocycles. The molecule has 13 nitrogen and oxygen atoms in total. The maximum atomic E-state index is 13.3. The molecule has 178 valence electrons. The van der Waals surface area contributed by atoms with Crippen LogP contribution in [0.1, 0.15) is 30.1 Å². The SMILES string of the molecule is COC(=O)[C@H](C)NP(=O)(OC[C@H]1O[C@@H](n2cnc(C(N)=O)c2O)CC1=O)Oc1ccccc1. The van der Waals surface area contributed by atoms with Crippen LogP contribution in [0, 0.1) is 0 Å². The number of methoxy groups -OCH3 is 1. The van der Waals surface area contributed by atoms with Crippen LogP contribution in [0.4, 0.5) is 0 Å². The molecule has 2 heterocycles. The second-order valence-electron chi connectivity index (χ2n) is 7.01. The number of amides is 1. The van der Waals surface area contributed by atoms with Gasteiger partial charge in [0, 0.05) is 0 Å². The summed E-state index contributed by atoms with van der Waals surface area (Å²) in [6.07, 6.45) is -1.22. The van der Waals surface area contributed by atoms with Crippen LogP contribution >= 0.6 is 7.75 Å². The van der Waals surface area contributed by atoms with Crippen LogP contribution in [0.25, 0.3) is 0 Å². The lowest BCUT2D eigenvalue weighted by Crippen LogP contribution is -2.35. The first-order valence-corrected chi connectivity index (χ1v) is 11.3. The molecule has 14 heteroatoms. The van der Waals surface area contributed by atoms with Crippen molar-refractivity contribution in [3.05, 3.63) is 42.4 Å². The van der Waals surface area contributed by atoms with Gasteiger partial charge in [0.05, 0.1) is 20.1 Å². The highest BCUT2D eigenvalue weighted by molar-refractivity contribution is 7.52. The van der Waals surface area contributed by atoms with E-state index >= 15 is 0 Å². The summed E-state index contributed by atoms with van der Waals surface area (Å²) in [5, 5.41) is 12.6. The van der Waals surface area contributed by atoms with Crippen LogP contribution in [0.2, 0.25) is 0 Å². The van der Waals surface area contributed by atoms with Crippen molar-refractivity contribution in [3.8, 4) is 11.6 Å². The summed E-state index contributed by atoms with van der Waals surface area (Å²) < 4.78 is 35.5. The highest BCUT2D eigenvalue weighted by Crippen LogP contribution is 2.45. The molecular weight excluding hydrogens is 459 g/mol. The predicted octanol–water partition coefficient (Wildman–Crippen LogP) is 0.899. The second-order valence-corrected chi connectivity index (χ2v) is 8.70. The quantitative estimate of drug-likeness (QED) is 0.323. The van der Waals surface area contributed by atoms with E-state index in [2.05, 4.69) is 14.8 Å². The number of esters is 1. The van der Waals surface area contributed by atoms with Crippen molar-refractivity contribution < 1.29 is 42.6 Å². The van der Waals surface area contributed by atoms with Gasteiger partial charge < -0.3 is 24.8 Å². The zero-order valence-electron chi connectivity index (χ0n) is 17.7. The number of ether oxygens (including phenoxy) is 2. The topological polar surface area (TPSA) is 181 Å². The molecule has 4 N–H and O–H groups in total. The van der Waals surface area contributed by atoms with Gasteiger partial charge in [-0.25, -0.2) is 9.55 Å². The average molecular weight is 482 g/mol. The Hall–Kier alpha value is -3.25. The van der Waals surface area contributed by atoms with Gasteiger partial charge in [0.1, 0.15) is 30.5 Å². The largest absolute Gasteiger partial charge is 0.493 e. The molecule has 1 amide bonds. The molecule has 1 fully saturated rings. The van der Waals surface area contributed by atoms with Gasteiger partial charge in [0.25, 0.3) is 5.91 Å². The minimum absolute atomic E-state index is 0.175. The van der Waals surface area contributed by atoms with Gasteiger partial charge in [-0.05, 0) is 19.1 Å². The van der Waals surface area contributed by atoms with Gasteiger partial charge in [-0.3, -0.25) is 23.5 Å². The van der Waals surface area contributed by atoms with Crippen LogP contribution in [0.15, 0.2) is 36.7 Å². The lowest BCUT2D eigenvalue weighted by molar-refractivity contribution is -0.142. The molecule has 2 aromatic rings. The van der Waals surface area contributed by atoms with E-state index in [1.54, 1.807) is 18.2 Å². The Morgan fingerprint density at radius 1 is 1.39 bits per heavy atom. The van der Waals surface area contributed by atoms with Crippen LogP contribution in [-0.4, -0.2) is 58.2 Å². The number of carbonyl (C=O) groups excluding carboxylic acids is 3. The number of aromatic nitrogens is 2. The molecule has 1 aromatic carbocycles. The molecular formula is C19H23N4O9P. The Morgan fingerprint density at radius 2 is 2.09 bits per heavy atom. The number of hydrogen-bond acceptors (Lipinski definition) is 10. The number of ketones is 1. The Kier molecular flexibility index (Phi) is 7.49. The highest BCUT2D eigenvalue weighted by atomic mass is 31.2. The van der Waals surface area contributed by atoms with E-state index in [0.29, 0.717) is 0 Å². The monoisotopic (exact) mass is 482 g/mol. The molecule has 1 aromatic heterocycles. The number of rotatable bonds is 10.